The molecule has 3 fully saturated rings. The Hall–Kier alpha value is -5.88. The predicted molar refractivity (Wildman–Crippen MR) is 399 cm³/mol. The van der Waals surface area contributed by atoms with Gasteiger partial charge in [0.15, 0.2) is 0 Å². The maximum Gasteiger partial charge on any atom is 0.0377 e. The maximum absolute atomic E-state index is 2.36. The quantitative estimate of drug-likeness (QED) is 0.121. The molecule has 4 aromatic heterocycles. The number of rotatable bonds is 11. The Balaban J connectivity index is 0.000000139. The van der Waals surface area contributed by atoms with Crippen LogP contribution in [0.25, 0.3) is 41.8 Å². The van der Waals surface area contributed by atoms with Crippen molar-refractivity contribution in [2.24, 2.45) is 23.2 Å². The molecule has 0 amide bonds. The molecule has 0 radical (unpaired) electrons. The maximum atomic E-state index is 2.36. The number of thiophene rings is 4. The molecule has 6 aromatic carbocycles. The topological polar surface area (TPSA) is 0 Å². The van der Waals surface area contributed by atoms with Gasteiger partial charge in [-0.1, -0.05) is 241 Å². The van der Waals surface area contributed by atoms with Crippen molar-refractivity contribution in [3.63, 3.8) is 0 Å². The normalized spacial score (nSPS) is 14.5. The number of hydrogen-bond acceptors (Lipinski definition) is 4. The van der Waals surface area contributed by atoms with Gasteiger partial charge in [-0.15, -0.1) is 45.3 Å². The average Bonchev–Trinajstić information content (AvgIpc) is 4.25. The van der Waals surface area contributed by atoms with Gasteiger partial charge >= 0.3 is 0 Å². The third-order valence-electron chi connectivity index (χ3n) is 18.4. The highest BCUT2D eigenvalue weighted by Crippen LogP contribution is 2.51. The minimum atomic E-state index is 0.731. The van der Waals surface area contributed by atoms with E-state index >= 15 is 0 Å². The second-order valence-corrected chi connectivity index (χ2v) is 32.0. The Bertz CT molecular complexity index is 3470. The summed E-state index contributed by atoms with van der Waals surface area (Å²) in [6.45, 7) is 26.4. The summed E-state index contributed by atoms with van der Waals surface area (Å²) in [6.07, 6.45) is 22.8. The molecule has 13 rings (SSSR count). The summed E-state index contributed by atoms with van der Waals surface area (Å²) >= 11 is 7.46. The predicted octanol–water partition coefficient (Wildman–Crippen LogP) is 27.2. The molecular weight excluding hydrogens is 1150 g/mol. The minimum absolute atomic E-state index is 0.731. The van der Waals surface area contributed by atoms with E-state index in [4.69, 9.17) is 0 Å². The smallest absolute Gasteiger partial charge is 0.0377 e. The van der Waals surface area contributed by atoms with Crippen molar-refractivity contribution >= 4 is 45.3 Å². The second kappa shape index (κ2) is 35.1. The number of aryl methyl sites for hydroxylation is 6. The van der Waals surface area contributed by atoms with Gasteiger partial charge in [-0.05, 0) is 234 Å². The van der Waals surface area contributed by atoms with Crippen LogP contribution in [0.2, 0.25) is 0 Å². The van der Waals surface area contributed by atoms with E-state index in [9.17, 15) is 0 Å². The van der Waals surface area contributed by atoms with Gasteiger partial charge in [-0.3, -0.25) is 0 Å². The van der Waals surface area contributed by atoms with Crippen LogP contribution in [-0.2, 0) is 19.3 Å². The third-order valence-corrected chi connectivity index (χ3v) is 22.9. The first kappa shape index (κ1) is 69.0. The third kappa shape index (κ3) is 22.2. The highest BCUT2D eigenvalue weighted by Gasteiger charge is 2.36. The van der Waals surface area contributed by atoms with Crippen LogP contribution in [0.3, 0.4) is 0 Å². The van der Waals surface area contributed by atoms with Crippen LogP contribution in [0.4, 0.5) is 0 Å². The zero-order chi connectivity index (χ0) is 63.1. The largest absolute Gasteiger partial charge is 0.141 e. The summed E-state index contributed by atoms with van der Waals surface area (Å²) in [6, 6.07) is 70.5. The van der Waals surface area contributed by atoms with E-state index in [1.165, 1.54) is 203 Å². The molecule has 0 bridgehead atoms. The molecule has 0 saturated heterocycles. The Morgan fingerprint density at radius 1 is 0.360 bits per heavy atom. The van der Waals surface area contributed by atoms with Crippen LogP contribution in [-0.4, -0.2) is 0 Å². The fourth-order valence-electron chi connectivity index (χ4n) is 13.0. The highest BCUT2D eigenvalue weighted by molar-refractivity contribution is 7.16. The molecule has 10 aromatic rings. The highest BCUT2D eigenvalue weighted by atomic mass is 32.1. The first-order chi connectivity index (χ1) is 43.0. The van der Waals surface area contributed by atoms with Crippen molar-refractivity contribution in [2.45, 2.75) is 192 Å². The van der Waals surface area contributed by atoms with Crippen molar-refractivity contribution in [2.75, 3.05) is 0 Å². The lowest BCUT2D eigenvalue weighted by Crippen LogP contribution is -2.29. The Morgan fingerprint density at radius 2 is 0.764 bits per heavy atom. The lowest BCUT2D eigenvalue weighted by atomic mass is 9.62. The first-order valence-electron chi connectivity index (χ1n) is 33.7. The summed E-state index contributed by atoms with van der Waals surface area (Å²) in [5, 5.41) is 0. The molecule has 0 aliphatic heterocycles. The summed E-state index contributed by atoms with van der Waals surface area (Å²) in [7, 11) is 0. The molecule has 89 heavy (non-hydrogen) atoms. The molecule has 4 heterocycles. The van der Waals surface area contributed by atoms with E-state index in [0.29, 0.717) is 0 Å². The van der Waals surface area contributed by atoms with Gasteiger partial charge in [0.1, 0.15) is 0 Å². The van der Waals surface area contributed by atoms with Gasteiger partial charge < -0.3 is 0 Å². The van der Waals surface area contributed by atoms with Gasteiger partial charge in [-0.2, -0.15) is 0 Å². The van der Waals surface area contributed by atoms with Gasteiger partial charge in [-0.25, -0.2) is 0 Å². The van der Waals surface area contributed by atoms with E-state index in [1.807, 2.05) is 51.4 Å². The fraction of sp³-hybridized carbons (Fsp3) is 0.388. The molecule has 3 saturated carbocycles. The van der Waals surface area contributed by atoms with Crippen LogP contribution in [0.5, 0.6) is 0 Å². The average molecular weight is 1250 g/mol. The van der Waals surface area contributed by atoms with Crippen LogP contribution in [0.15, 0.2) is 194 Å². The van der Waals surface area contributed by atoms with E-state index in [2.05, 4.69) is 271 Å². The second-order valence-electron chi connectivity index (χ2n) is 26.9. The standard InChI is InChI=1S/C18H26.2C15H18S.C13H14S.C13H18.C11H10S/c1-15-5-7-16(8-6-15)17-9-13-18(14-10-17)11-3-2-4-12-18;2*1-11(2)10-13-5-7-14(8-6-13)15-9-4-12(3)16-15;1-9-10(2)13(14-11(9)3)12-7-5-4-6-8-12;1-11-6-8-13(9-7-11)10-12-4-2-3-5-12;1-9-7-8-11(12-9)10-5-3-2-4-6-10/h5-8,17H,2-4,9-14H2,1H3;2*4-9,11H,10H2,1-3H3;4-8H,1-3H3;6-9,12H,2-5,10H2,1H3;2-8H,1H3. The van der Waals surface area contributed by atoms with Gasteiger partial charge in [0.05, 0.1) is 0 Å². The molecule has 0 atom stereocenters. The van der Waals surface area contributed by atoms with Crippen molar-refractivity contribution in [3.8, 4) is 41.8 Å². The Labute approximate surface area is 556 Å². The van der Waals surface area contributed by atoms with E-state index < -0.39 is 0 Å². The van der Waals surface area contributed by atoms with Crippen molar-refractivity contribution in [1.82, 2.24) is 0 Å². The Kier molecular flexibility index (Phi) is 27.2. The molecule has 0 nitrogen and oxygen atoms in total. The summed E-state index contributed by atoms with van der Waals surface area (Å²) in [4.78, 5) is 11.1. The van der Waals surface area contributed by atoms with Gasteiger partial charge in [0.2, 0.25) is 0 Å². The van der Waals surface area contributed by atoms with E-state index in [1.54, 1.807) is 5.56 Å². The van der Waals surface area contributed by atoms with Crippen molar-refractivity contribution in [1.29, 1.82) is 0 Å². The fourth-order valence-corrected chi connectivity index (χ4v) is 16.8. The lowest BCUT2D eigenvalue weighted by molar-refractivity contribution is 0.114. The minimum Gasteiger partial charge on any atom is -0.141 e. The van der Waals surface area contributed by atoms with E-state index in [-0.39, 0.29) is 0 Å². The number of hydrogen-bond donors (Lipinski definition) is 0. The SMILES string of the molecule is Cc1ccc(-c2ccc(CC(C)C)cc2)s1.Cc1ccc(-c2ccc(CC(C)C)cc2)s1.Cc1ccc(-c2ccccc2)s1.Cc1ccc(C2CCC3(CCCCC3)CC2)cc1.Cc1ccc(CC2CCCC2)cc1.Cc1sc(-c2ccccc2)c(C)c1C. The first-order valence-corrected chi connectivity index (χ1v) is 36.9. The zero-order valence-corrected chi connectivity index (χ0v) is 59.5. The monoisotopic (exact) mass is 1250 g/mol. The van der Waals surface area contributed by atoms with Crippen LogP contribution in [0, 0.1) is 78.6 Å². The summed E-state index contributed by atoms with van der Waals surface area (Å²) in [5.41, 5.74) is 17.7. The van der Waals surface area contributed by atoms with Crippen molar-refractivity contribution in [3.05, 3.63) is 258 Å². The molecule has 468 valence electrons. The number of benzene rings is 6. The molecular formula is C85H104S4. The van der Waals surface area contributed by atoms with Crippen LogP contribution in [0.1, 0.15) is 181 Å². The lowest BCUT2D eigenvalue weighted by Gasteiger charge is -2.43. The summed E-state index contributed by atoms with van der Waals surface area (Å²) in [5.74, 6) is 3.28. The Morgan fingerprint density at radius 3 is 1.16 bits per heavy atom. The molecule has 1 spiro atoms. The van der Waals surface area contributed by atoms with Crippen molar-refractivity contribution < 1.29 is 0 Å². The molecule has 4 heteroatoms. The van der Waals surface area contributed by atoms with Gasteiger partial charge in [0.25, 0.3) is 0 Å². The molecule has 0 N–H and O–H groups in total. The zero-order valence-electron chi connectivity index (χ0n) is 56.2. The van der Waals surface area contributed by atoms with Crippen LogP contribution < -0.4 is 0 Å². The molecule has 0 unspecified atom stereocenters. The van der Waals surface area contributed by atoms with Crippen LogP contribution >= 0.6 is 45.3 Å². The molecule has 3 aliphatic rings. The van der Waals surface area contributed by atoms with Gasteiger partial charge in [0, 0.05) is 39.0 Å². The summed E-state index contributed by atoms with van der Waals surface area (Å²) < 4.78 is 0. The van der Waals surface area contributed by atoms with E-state index in [0.717, 1.165) is 29.1 Å². The molecule has 3 aliphatic carbocycles.